The monoisotopic (exact) mass is 264 g/mol. The number of carbonyl (C=O) groups excluding carboxylic acids is 1. The van der Waals surface area contributed by atoms with Gasteiger partial charge in [0.15, 0.2) is 5.82 Å². The second-order valence-electron chi connectivity index (χ2n) is 5.60. The average molecular weight is 264 g/mol. The smallest absolute Gasteiger partial charge is 0.290 e. The van der Waals surface area contributed by atoms with Gasteiger partial charge in [0.2, 0.25) is 0 Å². The Morgan fingerprint density at radius 3 is 2.89 bits per heavy atom. The van der Waals surface area contributed by atoms with E-state index in [9.17, 15) is 4.79 Å². The highest BCUT2D eigenvalue weighted by atomic mass is 16.5. The van der Waals surface area contributed by atoms with Gasteiger partial charge >= 0.3 is 0 Å². The van der Waals surface area contributed by atoms with E-state index in [-0.39, 0.29) is 11.9 Å². The van der Waals surface area contributed by atoms with E-state index in [4.69, 9.17) is 4.74 Å². The molecule has 2 aliphatic heterocycles. The zero-order valence-corrected chi connectivity index (χ0v) is 11.5. The van der Waals surface area contributed by atoms with E-state index in [1.165, 1.54) is 0 Å². The number of hydrogen-bond donors (Lipinski definition) is 0. The fourth-order valence-corrected chi connectivity index (χ4v) is 3.03. The first-order valence-corrected chi connectivity index (χ1v) is 6.69. The van der Waals surface area contributed by atoms with Gasteiger partial charge in [-0.15, -0.1) is 0 Å². The summed E-state index contributed by atoms with van der Waals surface area (Å²) in [5.41, 5.74) is 0. The van der Waals surface area contributed by atoms with Gasteiger partial charge in [0.05, 0.1) is 19.3 Å². The summed E-state index contributed by atoms with van der Waals surface area (Å²) in [6.07, 6.45) is 3.47. The lowest BCUT2D eigenvalue weighted by atomic mass is 10.1. The van der Waals surface area contributed by atoms with Gasteiger partial charge in [-0.1, -0.05) is 0 Å². The molecule has 0 aliphatic carbocycles. The summed E-state index contributed by atoms with van der Waals surface area (Å²) in [6, 6.07) is 0.127. The second kappa shape index (κ2) is 4.94. The Bertz CT molecular complexity index is 473. The van der Waals surface area contributed by atoms with Gasteiger partial charge in [-0.05, 0) is 7.05 Å². The maximum absolute atomic E-state index is 12.7. The molecule has 0 unspecified atom stereocenters. The van der Waals surface area contributed by atoms with E-state index in [1.54, 1.807) is 17.0 Å². The van der Waals surface area contributed by atoms with E-state index in [0.29, 0.717) is 18.3 Å². The number of ether oxygens (including phenoxy) is 1. The van der Waals surface area contributed by atoms with Crippen molar-refractivity contribution >= 4 is 5.91 Å². The third-order valence-corrected chi connectivity index (χ3v) is 3.93. The zero-order valence-electron chi connectivity index (χ0n) is 11.5. The van der Waals surface area contributed by atoms with Crippen molar-refractivity contribution in [3.63, 3.8) is 0 Å². The minimum atomic E-state index is 0.0169. The molecule has 0 aromatic carbocycles. The van der Waals surface area contributed by atoms with Crippen LogP contribution in [-0.4, -0.2) is 71.2 Å². The molecule has 1 aromatic heterocycles. The molecule has 0 radical (unpaired) electrons. The largest absolute Gasteiger partial charge is 0.379 e. The molecule has 1 aromatic rings. The SMILES string of the molecule is CN1C[C@@H]2COC[C@H](C1)N(C(=O)c1nccn1C)C2. The molecular weight excluding hydrogens is 244 g/mol. The van der Waals surface area contributed by atoms with Crippen LogP contribution in [0.1, 0.15) is 10.6 Å². The molecule has 2 aliphatic rings. The topological polar surface area (TPSA) is 50.6 Å². The van der Waals surface area contributed by atoms with E-state index >= 15 is 0 Å². The van der Waals surface area contributed by atoms with E-state index < -0.39 is 0 Å². The summed E-state index contributed by atoms with van der Waals surface area (Å²) in [5.74, 6) is 0.917. The maximum atomic E-state index is 12.7. The molecule has 2 saturated heterocycles. The van der Waals surface area contributed by atoms with Crippen LogP contribution in [0.2, 0.25) is 0 Å². The zero-order chi connectivity index (χ0) is 13.4. The molecule has 2 atom stereocenters. The molecule has 2 bridgehead atoms. The molecule has 1 amide bonds. The molecule has 0 spiro atoms. The van der Waals surface area contributed by atoms with Crippen LogP contribution >= 0.6 is 0 Å². The Balaban J connectivity index is 1.87. The van der Waals surface area contributed by atoms with Crippen molar-refractivity contribution in [2.45, 2.75) is 6.04 Å². The molecule has 3 heterocycles. The molecule has 0 N–H and O–H groups in total. The Morgan fingerprint density at radius 2 is 2.16 bits per heavy atom. The van der Waals surface area contributed by atoms with Crippen LogP contribution in [0.25, 0.3) is 0 Å². The third-order valence-electron chi connectivity index (χ3n) is 3.93. The van der Waals surface area contributed by atoms with E-state index in [2.05, 4.69) is 16.9 Å². The van der Waals surface area contributed by atoms with Crippen LogP contribution in [0, 0.1) is 5.92 Å². The van der Waals surface area contributed by atoms with Crippen molar-refractivity contribution in [1.29, 1.82) is 0 Å². The highest BCUT2D eigenvalue weighted by Gasteiger charge is 2.36. The number of amides is 1. The number of aryl methyl sites for hydroxylation is 1. The number of aromatic nitrogens is 2. The molecular formula is C13H20N4O2. The minimum absolute atomic E-state index is 0.0169. The van der Waals surface area contributed by atoms with Gasteiger partial charge in [-0.3, -0.25) is 4.79 Å². The minimum Gasteiger partial charge on any atom is -0.379 e. The van der Waals surface area contributed by atoms with E-state index in [0.717, 1.165) is 26.2 Å². The van der Waals surface area contributed by atoms with Crippen LogP contribution in [0.3, 0.4) is 0 Å². The molecule has 6 nitrogen and oxygen atoms in total. The van der Waals surface area contributed by atoms with Gasteiger partial charge in [0, 0.05) is 45.0 Å². The number of likely N-dealkylation sites (N-methyl/N-ethyl adjacent to an activating group) is 1. The number of rotatable bonds is 1. The first-order chi connectivity index (χ1) is 9.15. The van der Waals surface area contributed by atoms with Crippen molar-refractivity contribution < 1.29 is 9.53 Å². The summed E-state index contributed by atoms with van der Waals surface area (Å²) in [5, 5.41) is 0. The molecule has 104 valence electrons. The third kappa shape index (κ3) is 2.37. The van der Waals surface area contributed by atoms with Crippen LogP contribution < -0.4 is 0 Å². The molecule has 6 heteroatoms. The van der Waals surface area contributed by atoms with Gasteiger partial charge < -0.3 is 19.1 Å². The fourth-order valence-electron chi connectivity index (χ4n) is 3.03. The number of nitrogens with zero attached hydrogens (tertiary/aromatic N) is 4. The predicted octanol–water partition coefficient (Wildman–Crippen LogP) is -0.177. The van der Waals surface area contributed by atoms with Crippen LogP contribution in [0.15, 0.2) is 12.4 Å². The lowest BCUT2D eigenvalue weighted by molar-refractivity contribution is 0.0475. The highest BCUT2D eigenvalue weighted by Crippen LogP contribution is 2.20. The number of hydrogen-bond acceptors (Lipinski definition) is 4. The highest BCUT2D eigenvalue weighted by molar-refractivity contribution is 5.91. The summed E-state index contributed by atoms with van der Waals surface area (Å²) >= 11 is 0. The Hall–Kier alpha value is -1.40. The normalized spacial score (nSPS) is 28.2. The van der Waals surface area contributed by atoms with Gasteiger partial charge in [0.1, 0.15) is 0 Å². The lowest BCUT2D eigenvalue weighted by Gasteiger charge is -2.29. The summed E-state index contributed by atoms with van der Waals surface area (Å²) in [7, 11) is 3.97. The standard InChI is InChI=1S/C13H20N4O2/c1-15-5-10-6-17(11(7-15)9-19-8-10)13(18)12-14-3-4-16(12)2/h3-4,10-11H,5-9H2,1-2H3/t10-,11-/m0/s1. The van der Waals surface area contributed by atoms with Crippen molar-refractivity contribution in [3.8, 4) is 0 Å². The van der Waals surface area contributed by atoms with Crippen LogP contribution in [0.4, 0.5) is 0 Å². The Kier molecular flexibility index (Phi) is 3.28. The quantitative estimate of drug-likeness (QED) is 0.706. The second-order valence-corrected chi connectivity index (χ2v) is 5.60. The number of fused-ring (bicyclic) bond motifs is 3. The van der Waals surface area contributed by atoms with Gasteiger partial charge in [-0.2, -0.15) is 0 Å². The van der Waals surface area contributed by atoms with Gasteiger partial charge in [0.25, 0.3) is 5.91 Å². The van der Waals surface area contributed by atoms with Gasteiger partial charge in [-0.25, -0.2) is 4.98 Å². The number of imidazole rings is 1. The summed E-state index contributed by atoms with van der Waals surface area (Å²) < 4.78 is 7.47. The molecule has 3 rings (SSSR count). The Labute approximate surface area is 113 Å². The van der Waals surface area contributed by atoms with Crippen LogP contribution in [-0.2, 0) is 11.8 Å². The van der Waals surface area contributed by atoms with Crippen molar-refractivity contribution in [2.75, 3.05) is 39.9 Å². The molecule has 19 heavy (non-hydrogen) atoms. The fraction of sp³-hybridized carbons (Fsp3) is 0.692. The maximum Gasteiger partial charge on any atom is 0.290 e. The number of carbonyl (C=O) groups is 1. The van der Waals surface area contributed by atoms with Crippen molar-refractivity contribution in [2.24, 2.45) is 13.0 Å². The molecule has 2 fully saturated rings. The predicted molar refractivity (Wildman–Crippen MR) is 69.8 cm³/mol. The van der Waals surface area contributed by atoms with E-state index in [1.807, 2.05) is 11.9 Å². The first-order valence-electron chi connectivity index (χ1n) is 6.69. The van der Waals surface area contributed by atoms with Crippen molar-refractivity contribution in [1.82, 2.24) is 19.4 Å². The first kappa shape index (κ1) is 12.6. The Morgan fingerprint density at radius 1 is 1.32 bits per heavy atom. The lowest BCUT2D eigenvalue weighted by Crippen LogP contribution is -2.46. The summed E-state index contributed by atoms with van der Waals surface area (Å²) in [4.78, 5) is 21.1. The van der Waals surface area contributed by atoms with Crippen molar-refractivity contribution in [3.05, 3.63) is 18.2 Å². The average Bonchev–Trinajstić information content (AvgIpc) is 2.58. The van der Waals surface area contributed by atoms with Crippen LogP contribution in [0.5, 0.6) is 0 Å². The molecule has 0 saturated carbocycles. The summed E-state index contributed by atoms with van der Waals surface area (Å²) in [6.45, 7) is 3.98.